The second-order valence-corrected chi connectivity index (χ2v) is 5.12. The number of hydrogen-bond donors (Lipinski definition) is 0. The van der Waals surface area contributed by atoms with Crippen LogP contribution < -0.4 is 9.47 Å². The number of likely N-dealkylation sites (N-methyl/N-ethyl adjacent to an activating group) is 1. The van der Waals surface area contributed by atoms with Crippen molar-refractivity contribution in [3.63, 3.8) is 0 Å². The van der Waals surface area contributed by atoms with Gasteiger partial charge in [-0.1, -0.05) is 36.4 Å². The standard InChI is InChI=1S/C18H21NO3/c1-14-8-4-5-9-15(14)12-19(2)18(20)13-22-17-11-7-6-10-16(17)21-3/h4-11H,12-13H2,1-3H3. The minimum absolute atomic E-state index is 0.0112. The van der Waals surface area contributed by atoms with E-state index in [9.17, 15) is 4.79 Å². The van der Waals surface area contributed by atoms with Gasteiger partial charge in [-0.3, -0.25) is 4.79 Å². The van der Waals surface area contributed by atoms with Crippen molar-refractivity contribution in [2.45, 2.75) is 13.5 Å². The average molecular weight is 299 g/mol. The van der Waals surface area contributed by atoms with Gasteiger partial charge < -0.3 is 14.4 Å². The van der Waals surface area contributed by atoms with Crippen molar-refractivity contribution >= 4 is 5.91 Å². The molecule has 0 radical (unpaired) electrons. The Hall–Kier alpha value is -2.49. The Balaban J connectivity index is 1.93. The molecule has 116 valence electrons. The summed E-state index contributed by atoms with van der Waals surface area (Å²) in [4.78, 5) is 13.9. The molecule has 0 atom stereocenters. The summed E-state index contributed by atoms with van der Waals surface area (Å²) in [6, 6.07) is 15.3. The Morgan fingerprint density at radius 1 is 1.05 bits per heavy atom. The molecule has 0 aromatic heterocycles. The molecule has 0 aliphatic heterocycles. The Morgan fingerprint density at radius 3 is 2.36 bits per heavy atom. The number of rotatable bonds is 6. The smallest absolute Gasteiger partial charge is 0.260 e. The highest BCUT2D eigenvalue weighted by Gasteiger charge is 2.12. The average Bonchev–Trinajstić information content (AvgIpc) is 2.54. The van der Waals surface area contributed by atoms with E-state index in [1.807, 2.05) is 43.3 Å². The number of carbonyl (C=O) groups excluding carboxylic acids is 1. The number of hydrogen-bond acceptors (Lipinski definition) is 3. The molecule has 0 heterocycles. The highest BCUT2D eigenvalue weighted by molar-refractivity contribution is 5.77. The summed E-state index contributed by atoms with van der Waals surface area (Å²) < 4.78 is 10.8. The van der Waals surface area contributed by atoms with Crippen molar-refractivity contribution < 1.29 is 14.3 Å². The highest BCUT2D eigenvalue weighted by atomic mass is 16.5. The van der Waals surface area contributed by atoms with Crippen LogP contribution in [-0.4, -0.2) is 31.6 Å². The van der Waals surface area contributed by atoms with Gasteiger partial charge >= 0.3 is 0 Å². The lowest BCUT2D eigenvalue weighted by Crippen LogP contribution is -2.31. The van der Waals surface area contributed by atoms with Crippen molar-refractivity contribution in [1.29, 1.82) is 0 Å². The fourth-order valence-corrected chi connectivity index (χ4v) is 2.12. The van der Waals surface area contributed by atoms with E-state index in [2.05, 4.69) is 0 Å². The molecule has 4 heteroatoms. The number of ether oxygens (including phenoxy) is 2. The van der Waals surface area contributed by atoms with Crippen LogP contribution in [0.4, 0.5) is 0 Å². The van der Waals surface area contributed by atoms with Crippen molar-refractivity contribution in [2.24, 2.45) is 0 Å². The van der Waals surface area contributed by atoms with Gasteiger partial charge in [-0.05, 0) is 30.2 Å². The molecule has 0 saturated carbocycles. The predicted octanol–water partition coefficient (Wildman–Crippen LogP) is 3.04. The van der Waals surface area contributed by atoms with Gasteiger partial charge in [-0.15, -0.1) is 0 Å². The summed E-state index contributed by atoms with van der Waals surface area (Å²) in [5, 5.41) is 0. The zero-order valence-corrected chi connectivity index (χ0v) is 13.2. The third-order valence-electron chi connectivity index (χ3n) is 3.51. The lowest BCUT2D eigenvalue weighted by atomic mass is 10.1. The number of amides is 1. The first-order valence-electron chi connectivity index (χ1n) is 7.16. The van der Waals surface area contributed by atoms with Crippen LogP contribution in [0.1, 0.15) is 11.1 Å². The van der Waals surface area contributed by atoms with Gasteiger partial charge in [0.2, 0.25) is 0 Å². The Kier molecular flexibility index (Phi) is 5.42. The molecule has 0 aliphatic rings. The molecule has 1 amide bonds. The van der Waals surface area contributed by atoms with Crippen molar-refractivity contribution in [2.75, 3.05) is 20.8 Å². The third-order valence-corrected chi connectivity index (χ3v) is 3.51. The minimum Gasteiger partial charge on any atom is -0.493 e. The lowest BCUT2D eigenvalue weighted by molar-refractivity contribution is -0.132. The van der Waals surface area contributed by atoms with Crippen molar-refractivity contribution in [3.8, 4) is 11.5 Å². The Morgan fingerprint density at radius 2 is 1.68 bits per heavy atom. The largest absolute Gasteiger partial charge is 0.493 e. The molecule has 2 rings (SSSR count). The fourth-order valence-electron chi connectivity index (χ4n) is 2.12. The van der Waals surface area contributed by atoms with Crippen LogP contribution in [0.15, 0.2) is 48.5 Å². The van der Waals surface area contributed by atoms with E-state index >= 15 is 0 Å². The Labute approximate surface area is 131 Å². The molecule has 2 aromatic carbocycles. The minimum atomic E-state index is -0.0749. The predicted molar refractivity (Wildman–Crippen MR) is 86.1 cm³/mol. The van der Waals surface area contributed by atoms with E-state index in [0.29, 0.717) is 18.0 Å². The molecule has 22 heavy (non-hydrogen) atoms. The van der Waals surface area contributed by atoms with Crippen LogP contribution in [0.2, 0.25) is 0 Å². The van der Waals surface area contributed by atoms with Crippen LogP contribution in [0.25, 0.3) is 0 Å². The summed E-state index contributed by atoms with van der Waals surface area (Å²) in [6.45, 7) is 2.60. The normalized spacial score (nSPS) is 10.1. The van der Waals surface area contributed by atoms with Gasteiger partial charge in [-0.25, -0.2) is 0 Å². The maximum atomic E-state index is 12.2. The molecule has 2 aromatic rings. The monoisotopic (exact) mass is 299 g/mol. The van der Waals surface area contributed by atoms with Gasteiger partial charge in [0, 0.05) is 13.6 Å². The topological polar surface area (TPSA) is 38.8 Å². The van der Waals surface area contributed by atoms with Crippen LogP contribution in [-0.2, 0) is 11.3 Å². The number of aryl methyl sites for hydroxylation is 1. The summed E-state index contributed by atoms with van der Waals surface area (Å²) in [5.74, 6) is 1.12. The van der Waals surface area contributed by atoms with Crippen LogP contribution in [0.3, 0.4) is 0 Å². The SMILES string of the molecule is COc1ccccc1OCC(=O)N(C)Cc1ccccc1C. The van der Waals surface area contributed by atoms with E-state index in [-0.39, 0.29) is 12.5 Å². The van der Waals surface area contributed by atoms with Crippen LogP contribution in [0.5, 0.6) is 11.5 Å². The zero-order valence-electron chi connectivity index (χ0n) is 13.2. The van der Waals surface area contributed by atoms with Gasteiger partial charge in [0.05, 0.1) is 7.11 Å². The van der Waals surface area contributed by atoms with Gasteiger partial charge in [0.15, 0.2) is 18.1 Å². The first-order valence-corrected chi connectivity index (χ1v) is 7.16. The van der Waals surface area contributed by atoms with E-state index in [4.69, 9.17) is 9.47 Å². The molecule has 0 aliphatic carbocycles. The summed E-state index contributed by atoms with van der Waals surface area (Å²) in [6.07, 6.45) is 0. The Bertz CT molecular complexity index is 640. The van der Waals surface area contributed by atoms with Gasteiger partial charge in [0.1, 0.15) is 0 Å². The first-order chi connectivity index (χ1) is 10.6. The highest BCUT2D eigenvalue weighted by Crippen LogP contribution is 2.25. The van der Waals surface area contributed by atoms with Crippen molar-refractivity contribution in [3.05, 3.63) is 59.7 Å². The third kappa shape index (κ3) is 4.01. The van der Waals surface area contributed by atoms with Gasteiger partial charge in [-0.2, -0.15) is 0 Å². The molecule has 0 N–H and O–H groups in total. The fraction of sp³-hybridized carbons (Fsp3) is 0.278. The molecule has 0 bridgehead atoms. The first kappa shape index (κ1) is 15.9. The number of methoxy groups -OCH3 is 1. The number of benzene rings is 2. The molecule has 4 nitrogen and oxygen atoms in total. The maximum absolute atomic E-state index is 12.2. The molecule has 0 fully saturated rings. The number of para-hydroxylation sites is 2. The lowest BCUT2D eigenvalue weighted by Gasteiger charge is -2.19. The second kappa shape index (κ2) is 7.50. The summed E-state index contributed by atoms with van der Waals surface area (Å²) >= 11 is 0. The maximum Gasteiger partial charge on any atom is 0.260 e. The molecular weight excluding hydrogens is 278 g/mol. The summed E-state index contributed by atoms with van der Waals surface area (Å²) in [5.41, 5.74) is 2.31. The molecule has 0 spiro atoms. The number of nitrogens with zero attached hydrogens (tertiary/aromatic N) is 1. The van der Waals surface area contributed by atoms with Crippen LogP contribution in [0, 0.1) is 6.92 Å². The number of carbonyl (C=O) groups is 1. The molecular formula is C18H21NO3. The van der Waals surface area contributed by atoms with Crippen LogP contribution >= 0.6 is 0 Å². The molecule has 0 saturated heterocycles. The van der Waals surface area contributed by atoms with Gasteiger partial charge in [0.25, 0.3) is 5.91 Å². The quantitative estimate of drug-likeness (QED) is 0.823. The molecule has 0 unspecified atom stereocenters. The van der Waals surface area contributed by atoms with E-state index < -0.39 is 0 Å². The van der Waals surface area contributed by atoms with Crippen molar-refractivity contribution in [1.82, 2.24) is 4.90 Å². The second-order valence-electron chi connectivity index (χ2n) is 5.12. The van der Waals surface area contributed by atoms with E-state index in [0.717, 1.165) is 5.56 Å². The summed E-state index contributed by atoms with van der Waals surface area (Å²) in [7, 11) is 3.36. The van der Waals surface area contributed by atoms with E-state index in [1.165, 1.54) is 5.56 Å². The zero-order chi connectivity index (χ0) is 15.9. The van der Waals surface area contributed by atoms with E-state index in [1.54, 1.807) is 31.2 Å².